The van der Waals surface area contributed by atoms with Gasteiger partial charge in [0.15, 0.2) is 0 Å². The Morgan fingerprint density at radius 3 is 2.69 bits per heavy atom. The van der Waals surface area contributed by atoms with Gasteiger partial charge in [0.25, 0.3) is 0 Å². The van der Waals surface area contributed by atoms with Crippen LogP contribution in [0.2, 0.25) is 0 Å². The van der Waals surface area contributed by atoms with Crippen LogP contribution in [0.15, 0.2) is 64.9 Å². The number of halogens is 2. The molecule has 134 valence electrons. The lowest BCUT2D eigenvalue weighted by atomic mass is 10.2. The Hall–Kier alpha value is -2.52. The number of hydrogen-bond acceptors (Lipinski definition) is 5. The second-order valence-electron chi connectivity index (χ2n) is 5.06. The van der Waals surface area contributed by atoms with Crippen LogP contribution in [0.3, 0.4) is 0 Å². The van der Waals surface area contributed by atoms with E-state index < -0.39 is 6.61 Å². The van der Waals surface area contributed by atoms with Gasteiger partial charge in [-0.3, -0.25) is 0 Å². The molecule has 1 aromatic heterocycles. The zero-order valence-corrected chi connectivity index (χ0v) is 15.0. The molecule has 5 nitrogen and oxygen atoms in total. The first-order valence-corrected chi connectivity index (χ1v) is 8.95. The maximum Gasteiger partial charge on any atom is 0.387 e. The molecule has 0 saturated carbocycles. The summed E-state index contributed by atoms with van der Waals surface area (Å²) in [5, 5.41) is 11.7. The number of thioether (sulfide) groups is 1. The molecule has 3 rings (SSSR count). The average molecular weight is 392 g/mol. The summed E-state index contributed by atoms with van der Waals surface area (Å²) < 4.78 is 31.2. The molecule has 0 aliphatic heterocycles. The molecule has 0 amide bonds. The summed E-state index contributed by atoms with van der Waals surface area (Å²) >= 11 is 6.65. The molecule has 1 heterocycles. The number of rotatable bonds is 7. The fourth-order valence-corrected chi connectivity index (χ4v) is 3.20. The molecule has 3 aromatic rings. The molecule has 26 heavy (non-hydrogen) atoms. The summed E-state index contributed by atoms with van der Waals surface area (Å²) in [5.41, 5.74) is 1.55. The molecule has 0 saturated heterocycles. The number of aromatic amines is 1. The molecule has 0 spiro atoms. The van der Waals surface area contributed by atoms with Gasteiger partial charge < -0.3 is 4.74 Å². The SMILES string of the molecule is FC(F)Oc1ccccc1/C=N\n1c(SCc2ccccc2)n[nH]c1=S. The maximum absolute atomic E-state index is 12.5. The Labute approximate surface area is 157 Å². The molecular weight excluding hydrogens is 378 g/mol. The highest BCUT2D eigenvalue weighted by Crippen LogP contribution is 2.22. The van der Waals surface area contributed by atoms with E-state index in [4.69, 9.17) is 12.2 Å². The molecule has 1 N–H and O–H groups in total. The summed E-state index contributed by atoms with van der Waals surface area (Å²) in [5.74, 6) is 0.737. The van der Waals surface area contributed by atoms with Crippen molar-refractivity contribution in [3.63, 3.8) is 0 Å². The van der Waals surface area contributed by atoms with E-state index in [9.17, 15) is 8.78 Å². The van der Waals surface area contributed by atoms with Gasteiger partial charge in [0.2, 0.25) is 9.93 Å². The predicted octanol–water partition coefficient (Wildman–Crippen LogP) is 4.72. The van der Waals surface area contributed by atoms with Crippen molar-refractivity contribution in [3.8, 4) is 5.75 Å². The van der Waals surface area contributed by atoms with Crippen molar-refractivity contribution < 1.29 is 13.5 Å². The third-order valence-corrected chi connectivity index (χ3v) is 4.54. The number of para-hydroxylation sites is 1. The molecule has 0 bridgehead atoms. The third kappa shape index (κ3) is 4.77. The van der Waals surface area contributed by atoms with E-state index in [-0.39, 0.29) is 5.75 Å². The number of aromatic nitrogens is 3. The van der Waals surface area contributed by atoms with Crippen LogP contribution in [0.5, 0.6) is 5.75 Å². The van der Waals surface area contributed by atoms with E-state index in [2.05, 4.69) is 20.0 Å². The molecule has 0 unspecified atom stereocenters. The van der Waals surface area contributed by atoms with Crippen molar-refractivity contribution >= 4 is 30.2 Å². The standard InChI is InChI=1S/C17H14F2N4OS2/c18-15(19)24-14-9-5-4-8-13(14)10-20-23-16(25)21-22-17(23)26-11-12-6-2-1-3-7-12/h1-10,15H,11H2,(H,21,25)/b20-10-. The first kappa shape index (κ1) is 18.3. The molecule has 0 atom stereocenters. The molecule has 0 fully saturated rings. The van der Waals surface area contributed by atoms with Gasteiger partial charge in [-0.05, 0) is 29.9 Å². The first-order chi connectivity index (χ1) is 12.6. The zero-order chi connectivity index (χ0) is 18.4. The number of H-pyrrole nitrogens is 1. The van der Waals surface area contributed by atoms with Crippen LogP contribution in [0.4, 0.5) is 8.78 Å². The van der Waals surface area contributed by atoms with E-state index in [1.54, 1.807) is 18.2 Å². The van der Waals surface area contributed by atoms with Crippen LogP contribution >= 0.6 is 24.0 Å². The third-order valence-electron chi connectivity index (χ3n) is 3.28. The highest BCUT2D eigenvalue weighted by atomic mass is 32.2. The Balaban J connectivity index is 1.79. The van der Waals surface area contributed by atoms with E-state index in [1.807, 2.05) is 30.3 Å². The minimum absolute atomic E-state index is 0.0414. The minimum atomic E-state index is -2.90. The molecular formula is C17H14F2N4OS2. The summed E-state index contributed by atoms with van der Waals surface area (Å²) in [6, 6.07) is 16.3. The monoisotopic (exact) mass is 392 g/mol. The molecule has 9 heteroatoms. The highest BCUT2D eigenvalue weighted by Gasteiger charge is 2.09. The fourth-order valence-electron chi connectivity index (χ4n) is 2.11. The number of nitrogens with zero attached hydrogens (tertiary/aromatic N) is 3. The van der Waals surface area contributed by atoms with E-state index in [1.165, 1.54) is 28.7 Å². The van der Waals surface area contributed by atoms with E-state index in [0.29, 0.717) is 21.2 Å². The number of hydrogen-bond donors (Lipinski definition) is 1. The largest absolute Gasteiger partial charge is 0.434 e. The highest BCUT2D eigenvalue weighted by molar-refractivity contribution is 7.98. The quantitative estimate of drug-likeness (QED) is 0.359. The van der Waals surface area contributed by atoms with Crippen molar-refractivity contribution in [2.75, 3.05) is 0 Å². The Kier molecular flexibility index (Phi) is 6.13. The summed E-state index contributed by atoms with van der Waals surface area (Å²) in [7, 11) is 0. The van der Waals surface area contributed by atoms with Crippen LogP contribution in [0.25, 0.3) is 0 Å². The normalized spacial score (nSPS) is 11.3. The second kappa shape index (κ2) is 8.72. The van der Waals surface area contributed by atoms with Gasteiger partial charge >= 0.3 is 6.61 Å². The summed E-state index contributed by atoms with van der Waals surface area (Å²) in [6.07, 6.45) is 1.41. The average Bonchev–Trinajstić information content (AvgIpc) is 2.99. The van der Waals surface area contributed by atoms with Crippen molar-refractivity contribution in [2.24, 2.45) is 5.10 Å². The van der Waals surface area contributed by atoms with Crippen LogP contribution in [0, 0.1) is 4.77 Å². The fraction of sp³-hybridized carbons (Fsp3) is 0.118. The van der Waals surface area contributed by atoms with Crippen LogP contribution in [-0.2, 0) is 5.75 Å². The summed E-state index contributed by atoms with van der Waals surface area (Å²) in [4.78, 5) is 0. The van der Waals surface area contributed by atoms with Crippen molar-refractivity contribution in [1.82, 2.24) is 14.9 Å². The van der Waals surface area contributed by atoms with Gasteiger partial charge in [0.05, 0.1) is 6.21 Å². The molecule has 0 aliphatic rings. The van der Waals surface area contributed by atoms with Gasteiger partial charge in [-0.1, -0.05) is 54.2 Å². The lowest BCUT2D eigenvalue weighted by Crippen LogP contribution is -2.04. The summed E-state index contributed by atoms with van der Waals surface area (Å²) in [6.45, 7) is -2.90. The van der Waals surface area contributed by atoms with E-state index in [0.717, 1.165) is 5.56 Å². The Morgan fingerprint density at radius 1 is 1.19 bits per heavy atom. The minimum Gasteiger partial charge on any atom is -0.434 e. The van der Waals surface area contributed by atoms with Gasteiger partial charge in [0, 0.05) is 11.3 Å². The molecule has 0 radical (unpaired) electrons. The first-order valence-electron chi connectivity index (χ1n) is 7.56. The Morgan fingerprint density at radius 2 is 1.92 bits per heavy atom. The Bertz CT molecular complexity index is 941. The van der Waals surface area contributed by atoms with Crippen molar-refractivity contribution in [1.29, 1.82) is 0 Å². The van der Waals surface area contributed by atoms with Gasteiger partial charge in [-0.15, -0.1) is 5.10 Å². The lowest BCUT2D eigenvalue weighted by Gasteiger charge is -2.07. The topological polar surface area (TPSA) is 55.2 Å². The maximum atomic E-state index is 12.5. The number of alkyl halides is 2. The van der Waals surface area contributed by atoms with Crippen LogP contribution in [0.1, 0.15) is 11.1 Å². The van der Waals surface area contributed by atoms with Gasteiger partial charge in [0.1, 0.15) is 5.75 Å². The number of benzene rings is 2. The second-order valence-corrected chi connectivity index (χ2v) is 6.39. The smallest absolute Gasteiger partial charge is 0.387 e. The van der Waals surface area contributed by atoms with Gasteiger partial charge in [-0.25, -0.2) is 5.10 Å². The van der Waals surface area contributed by atoms with Crippen molar-refractivity contribution in [3.05, 3.63) is 70.5 Å². The van der Waals surface area contributed by atoms with Crippen LogP contribution < -0.4 is 4.74 Å². The van der Waals surface area contributed by atoms with Gasteiger partial charge in [-0.2, -0.15) is 18.6 Å². The lowest BCUT2D eigenvalue weighted by molar-refractivity contribution is -0.0499. The predicted molar refractivity (Wildman–Crippen MR) is 99.5 cm³/mol. The number of ether oxygens (including phenoxy) is 1. The zero-order valence-electron chi connectivity index (χ0n) is 13.4. The van der Waals surface area contributed by atoms with E-state index >= 15 is 0 Å². The number of nitrogens with one attached hydrogen (secondary N) is 1. The molecule has 0 aliphatic carbocycles. The van der Waals surface area contributed by atoms with Crippen LogP contribution in [-0.4, -0.2) is 27.7 Å². The molecule has 2 aromatic carbocycles. The van der Waals surface area contributed by atoms with Crippen molar-refractivity contribution in [2.45, 2.75) is 17.5 Å².